The van der Waals surface area contributed by atoms with Crippen molar-refractivity contribution in [3.63, 3.8) is 0 Å². The summed E-state index contributed by atoms with van der Waals surface area (Å²) >= 11 is 3.25. The van der Waals surface area contributed by atoms with Gasteiger partial charge in [0.1, 0.15) is 5.82 Å². The van der Waals surface area contributed by atoms with E-state index >= 15 is 0 Å². The van der Waals surface area contributed by atoms with E-state index < -0.39 is 5.97 Å². The minimum atomic E-state index is -0.653. The number of aromatic nitrogens is 2. The highest BCUT2D eigenvalue weighted by molar-refractivity contribution is 9.10. The standard InChI is InChI=1S/C12H10BrFN2O3/c1-2-18-12(17)11-15-10(16-19-11)5-7-3-4-8(14)6-9(7)13/h3-4,6H,2,5H2,1H3. The Hall–Kier alpha value is -1.76. The zero-order valence-corrected chi connectivity index (χ0v) is 11.6. The Morgan fingerprint density at radius 2 is 2.32 bits per heavy atom. The first kappa shape index (κ1) is 13.7. The number of esters is 1. The number of nitrogens with zero attached hydrogens (tertiary/aromatic N) is 2. The summed E-state index contributed by atoms with van der Waals surface area (Å²) in [5.74, 6) is -0.846. The van der Waals surface area contributed by atoms with Crippen LogP contribution in [0.15, 0.2) is 27.2 Å². The lowest BCUT2D eigenvalue weighted by Gasteiger charge is -2.00. The average molecular weight is 329 g/mol. The molecule has 0 atom stereocenters. The first-order valence-electron chi connectivity index (χ1n) is 5.53. The molecule has 0 aliphatic heterocycles. The minimum Gasteiger partial charge on any atom is -0.459 e. The Balaban J connectivity index is 2.13. The molecule has 0 bridgehead atoms. The van der Waals surface area contributed by atoms with Gasteiger partial charge in [-0.3, -0.25) is 0 Å². The Labute approximate surface area is 116 Å². The van der Waals surface area contributed by atoms with E-state index in [-0.39, 0.29) is 18.3 Å². The van der Waals surface area contributed by atoms with Crippen molar-refractivity contribution in [1.82, 2.24) is 10.1 Å². The fraction of sp³-hybridized carbons (Fsp3) is 0.250. The molecule has 0 fully saturated rings. The number of halogens is 2. The normalized spacial score (nSPS) is 10.5. The fourth-order valence-electron chi connectivity index (χ4n) is 1.44. The van der Waals surface area contributed by atoms with Crippen LogP contribution in [-0.4, -0.2) is 22.7 Å². The van der Waals surface area contributed by atoms with Gasteiger partial charge in [0.25, 0.3) is 0 Å². The molecule has 0 spiro atoms. The van der Waals surface area contributed by atoms with Crippen molar-refractivity contribution < 1.29 is 18.4 Å². The van der Waals surface area contributed by atoms with E-state index in [4.69, 9.17) is 9.26 Å². The van der Waals surface area contributed by atoms with Crippen LogP contribution in [0.1, 0.15) is 29.0 Å². The molecule has 100 valence electrons. The lowest BCUT2D eigenvalue weighted by molar-refractivity contribution is 0.0470. The third-order valence-electron chi connectivity index (χ3n) is 2.28. The first-order chi connectivity index (χ1) is 9.10. The lowest BCUT2D eigenvalue weighted by Crippen LogP contribution is -2.05. The smallest absolute Gasteiger partial charge is 0.397 e. The summed E-state index contributed by atoms with van der Waals surface area (Å²) in [6.07, 6.45) is 0.323. The van der Waals surface area contributed by atoms with Crippen LogP contribution in [0.25, 0.3) is 0 Å². The van der Waals surface area contributed by atoms with E-state index in [1.165, 1.54) is 12.1 Å². The number of ether oxygens (including phenoxy) is 1. The molecule has 1 heterocycles. The second-order valence-electron chi connectivity index (χ2n) is 3.65. The maximum absolute atomic E-state index is 12.9. The monoisotopic (exact) mass is 328 g/mol. The van der Waals surface area contributed by atoms with E-state index in [0.717, 1.165) is 5.56 Å². The molecule has 2 rings (SSSR count). The molecular weight excluding hydrogens is 319 g/mol. The van der Waals surface area contributed by atoms with Gasteiger partial charge in [-0.25, -0.2) is 9.18 Å². The molecule has 0 aliphatic rings. The van der Waals surface area contributed by atoms with Crippen molar-refractivity contribution >= 4 is 21.9 Å². The predicted molar refractivity (Wildman–Crippen MR) is 67.2 cm³/mol. The highest BCUT2D eigenvalue weighted by atomic mass is 79.9. The Morgan fingerprint density at radius 1 is 1.53 bits per heavy atom. The number of carbonyl (C=O) groups is 1. The van der Waals surface area contributed by atoms with Gasteiger partial charge in [0.2, 0.25) is 0 Å². The summed E-state index contributed by atoms with van der Waals surface area (Å²) in [6, 6.07) is 4.30. The molecule has 0 saturated heterocycles. The Kier molecular flexibility index (Phi) is 4.26. The van der Waals surface area contributed by atoms with Crippen LogP contribution >= 0.6 is 15.9 Å². The zero-order valence-electron chi connectivity index (χ0n) is 10.0. The van der Waals surface area contributed by atoms with E-state index in [2.05, 4.69) is 26.1 Å². The maximum atomic E-state index is 12.9. The van der Waals surface area contributed by atoms with Crippen molar-refractivity contribution in [2.45, 2.75) is 13.3 Å². The van der Waals surface area contributed by atoms with Crippen molar-refractivity contribution in [3.8, 4) is 0 Å². The molecule has 0 radical (unpaired) electrons. The number of benzene rings is 1. The van der Waals surface area contributed by atoms with Crippen molar-refractivity contribution in [1.29, 1.82) is 0 Å². The first-order valence-corrected chi connectivity index (χ1v) is 6.33. The predicted octanol–water partition coefficient (Wildman–Crippen LogP) is 2.74. The summed E-state index contributed by atoms with van der Waals surface area (Å²) in [7, 11) is 0. The van der Waals surface area contributed by atoms with E-state index in [0.29, 0.717) is 16.7 Å². The summed E-state index contributed by atoms with van der Waals surface area (Å²) in [5, 5.41) is 3.68. The van der Waals surface area contributed by atoms with Crippen LogP contribution < -0.4 is 0 Å². The molecule has 1 aromatic heterocycles. The number of carbonyl (C=O) groups excluding carboxylic acids is 1. The van der Waals surface area contributed by atoms with Gasteiger partial charge in [0.05, 0.1) is 6.61 Å². The van der Waals surface area contributed by atoms with Crippen LogP contribution in [0.3, 0.4) is 0 Å². The topological polar surface area (TPSA) is 65.2 Å². The molecule has 0 amide bonds. The van der Waals surface area contributed by atoms with Crippen LogP contribution in [-0.2, 0) is 11.2 Å². The molecule has 5 nitrogen and oxygen atoms in total. The van der Waals surface area contributed by atoms with Crippen molar-refractivity contribution in [2.75, 3.05) is 6.61 Å². The molecule has 1 aromatic carbocycles. The van der Waals surface area contributed by atoms with Crippen LogP contribution in [0, 0.1) is 5.82 Å². The van der Waals surface area contributed by atoms with E-state index in [1.54, 1.807) is 13.0 Å². The SMILES string of the molecule is CCOC(=O)c1nc(Cc2ccc(F)cc2Br)no1. The van der Waals surface area contributed by atoms with E-state index in [9.17, 15) is 9.18 Å². The van der Waals surface area contributed by atoms with Gasteiger partial charge in [-0.05, 0) is 24.6 Å². The van der Waals surface area contributed by atoms with Gasteiger partial charge in [-0.1, -0.05) is 27.2 Å². The Morgan fingerprint density at radius 3 is 3.00 bits per heavy atom. The molecule has 0 saturated carbocycles. The summed E-state index contributed by atoms with van der Waals surface area (Å²) in [4.78, 5) is 15.3. The van der Waals surface area contributed by atoms with Crippen LogP contribution in [0.4, 0.5) is 4.39 Å². The number of rotatable bonds is 4. The van der Waals surface area contributed by atoms with Crippen LogP contribution in [0.5, 0.6) is 0 Å². The quantitative estimate of drug-likeness (QED) is 0.807. The van der Waals surface area contributed by atoms with Crippen LogP contribution in [0.2, 0.25) is 0 Å². The molecular formula is C12H10BrFN2O3. The second-order valence-corrected chi connectivity index (χ2v) is 4.50. The highest BCUT2D eigenvalue weighted by Gasteiger charge is 2.16. The second kappa shape index (κ2) is 5.92. The molecule has 19 heavy (non-hydrogen) atoms. The molecule has 7 heteroatoms. The molecule has 0 N–H and O–H groups in total. The van der Waals surface area contributed by atoms with Gasteiger partial charge in [-0.15, -0.1) is 0 Å². The average Bonchev–Trinajstić information content (AvgIpc) is 2.82. The largest absolute Gasteiger partial charge is 0.459 e. The highest BCUT2D eigenvalue weighted by Crippen LogP contribution is 2.20. The number of hydrogen-bond donors (Lipinski definition) is 0. The number of hydrogen-bond acceptors (Lipinski definition) is 5. The summed E-state index contributed by atoms with van der Waals surface area (Å²) < 4.78 is 23.1. The summed E-state index contributed by atoms with van der Waals surface area (Å²) in [6.45, 7) is 1.92. The zero-order chi connectivity index (χ0) is 13.8. The maximum Gasteiger partial charge on any atom is 0.397 e. The van der Waals surface area contributed by atoms with Crippen molar-refractivity contribution in [3.05, 3.63) is 45.8 Å². The third-order valence-corrected chi connectivity index (χ3v) is 3.02. The van der Waals surface area contributed by atoms with Gasteiger partial charge in [-0.2, -0.15) is 4.98 Å². The van der Waals surface area contributed by atoms with Gasteiger partial charge < -0.3 is 9.26 Å². The molecule has 0 aliphatic carbocycles. The third kappa shape index (κ3) is 3.37. The molecule has 2 aromatic rings. The summed E-state index contributed by atoms with van der Waals surface area (Å²) in [5.41, 5.74) is 0.789. The van der Waals surface area contributed by atoms with Crippen molar-refractivity contribution in [2.24, 2.45) is 0 Å². The minimum absolute atomic E-state index is 0.185. The fourth-order valence-corrected chi connectivity index (χ4v) is 1.93. The molecule has 0 unspecified atom stereocenters. The van der Waals surface area contributed by atoms with E-state index in [1.807, 2.05) is 0 Å². The Bertz CT molecular complexity index is 600. The van der Waals surface area contributed by atoms with Gasteiger partial charge in [0.15, 0.2) is 5.82 Å². The lowest BCUT2D eigenvalue weighted by atomic mass is 10.1. The van der Waals surface area contributed by atoms with Gasteiger partial charge >= 0.3 is 11.9 Å². The van der Waals surface area contributed by atoms with Gasteiger partial charge in [0, 0.05) is 10.9 Å².